The molecule has 4 heteroatoms. The molecule has 0 heterocycles. The van der Waals surface area contributed by atoms with Crippen LogP contribution in [-0.2, 0) is 0 Å². The van der Waals surface area contributed by atoms with E-state index in [9.17, 15) is 0 Å². The van der Waals surface area contributed by atoms with Gasteiger partial charge in [0.15, 0.2) is 0 Å². The van der Waals surface area contributed by atoms with Crippen LogP contribution < -0.4 is 0 Å². The molecule has 0 amide bonds. The molecular formula is C12H20O4. The first-order valence-corrected chi connectivity index (χ1v) is 5.20. The van der Waals surface area contributed by atoms with E-state index >= 15 is 0 Å². The number of aliphatic hydroxyl groups excluding tert-OH is 3. The van der Waals surface area contributed by atoms with Crippen LogP contribution in [-0.4, -0.2) is 40.2 Å². The van der Waals surface area contributed by atoms with Crippen LogP contribution in [0.2, 0.25) is 0 Å². The molecule has 0 aliphatic rings. The molecule has 0 saturated carbocycles. The van der Waals surface area contributed by atoms with Crippen molar-refractivity contribution in [1.82, 2.24) is 0 Å². The third-order valence-corrected chi connectivity index (χ3v) is 2.51. The fourth-order valence-corrected chi connectivity index (χ4v) is 0.913. The number of benzene rings is 1. The zero-order valence-electron chi connectivity index (χ0n) is 9.50. The molecule has 0 aromatic heterocycles. The van der Waals surface area contributed by atoms with Gasteiger partial charge in [-0.1, -0.05) is 25.1 Å². The summed E-state index contributed by atoms with van der Waals surface area (Å²) in [5.74, 6) is 0.322. The number of aromatic hydroxyl groups is 1. The van der Waals surface area contributed by atoms with Crippen molar-refractivity contribution in [2.75, 3.05) is 19.8 Å². The highest BCUT2D eigenvalue weighted by atomic mass is 16.3. The highest BCUT2D eigenvalue weighted by Gasteiger charge is 2.24. The molecule has 1 rings (SSSR count). The van der Waals surface area contributed by atoms with Crippen molar-refractivity contribution in [3.63, 3.8) is 0 Å². The molecule has 16 heavy (non-hydrogen) atoms. The number of phenols is 1. The maximum atomic E-state index is 8.66. The molecular weight excluding hydrogens is 208 g/mol. The van der Waals surface area contributed by atoms with Crippen LogP contribution in [0.3, 0.4) is 0 Å². The molecule has 0 fully saturated rings. The van der Waals surface area contributed by atoms with Crippen molar-refractivity contribution in [3.05, 3.63) is 30.3 Å². The van der Waals surface area contributed by atoms with Gasteiger partial charge in [-0.05, 0) is 18.6 Å². The molecule has 0 saturated heterocycles. The van der Waals surface area contributed by atoms with E-state index in [4.69, 9.17) is 20.4 Å². The molecule has 4 N–H and O–H groups in total. The molecule has 1 aromatic rings. The number of phenolic OH excluding ortho intramolecular Hbond substituents is 1. The Bertz CT molecular complexity index is 239. The van der Waals surface area contributed by atoms with E-state index in [1.165, 1.54) is 0 Å². The largest absolute Gasteiger partial charge is 0.508 e. The van der Waals surface area contributed by atoms with Crippen molar-refractivity contribution < 1.29 is 20.4 Å². The van der Waals surface area contributed by atoms with Crippen molar-refractivity contribution in [2.45, 2.75) is 13.3 Å². The van der Waals surface area contributed by atoms with Gasteiger partial charge in [0.2, 0.25) is 0 Å². The van der Waals surface area contributed by atoms with Crippen LogP contribution in [0.25, 0.3) is 0 Å². The van der Waals surface area contributed by atoms with Gasteiger partial charge in [-0.25, -0.2) is 0 Å². The Kier molecular flexibility index (Phi) is 7.54. The maximum absolute atomic E-state index is 8.66. The summed E-state index contributed by atoms with van der Waals surface area (Å²) in [7, 11) is 0. The number of rotatable bonds is 4. The van der Waals surface area contributed by atoms with E-state index in [1.807, 2.05) is 13.0 Å². The van der Waals surface area contributed by atoms with Gasteiger partial charge in [0.25, 0.3) is 0 Å². The molecule has 0 aliphatic heterocycles. The Morgan fingerprint density at radius 3 is 1.50 bits per heavy atom. The van der Waals surface area contributed by atoms with E-state index in [1.54, 1.807) is 24.3 Å². The van der Waals surface area contributed by atoms with Gasteiger partial charge in [-0.15, -0.1) is 0 Å². The molecule has 0 unspecified atom stereocenters. The second-order valence-electron chi connectivity index (χ2n) is 3.66. The minimum atomic E-state index is -0.667. The van der Waals surface area contributed by atoms with Crippen LogP contribution in [0.5, 0.6) is 5.75 Å². The summed E-state index contributed by atoms with van der Waals surface area (Å²) in [6.45, 7) is 1.35. The number of para-hydroxylation sites is 1. The number of hydrogen-bond donors (Lipinski definition) is 4. The average Bonchev–Trinajstić information content (AvgIpc) is 2.35. The quantitative estimate of drug-likeness (QED) is 0.613. The lowest BCUT2D eigenvalue weighted by Crippen LogP contribution is -2.32. The Balaban J connectivity index is 0.000000288. The van der Waals surface area contributed by atoms with Gasteiger partial charge in [0.05, 0.1) is 19.8 Å². The number of aliphatic hydroxyl groups is 3. The van der Waals surface area contributed by atoms with Crippen molar-refractivity contribution in [2.24, 2.45) is 5.41 Å². The highest BCUT2D eigenvalue weighted by molar-refractivity contribution is 5.18. The summed E-state index contributed by atoms with van der Waals surface area (Å²) in [6.07, 6.45) is 0.594. The average molecular weight is 228 g/mol. The summed E-state index contributed by atoms with van der Waals surface area (Å²) in [4.78, 5) is 0. The minimum absolute atomic E-state index is 0.156. The van der Waals surface area contributed by atoms with Gasteiger partial charge in [0, 0.05) is 5.41 Å². The summed E-state index contributed by atoms with van der Waals surface area (Å²) in [5.41, 5.74) is -0.667. The van der Waals surface area contributed by atoms with Gasteiger partial charge < -0.3 is 20.4 Å². The molecule has 4 nitrogen and oxygen atoms in total. The van der Waals surface area contributed by atoms with Gasteiger partial charge in [-0.2, -0.15) is 0 Å². The smallest absolute Gasteiger partial charge is 0.115 e. The standard InChI is InChI=1S/C6H14O3.C6H6O/c1-2-6(3-7,4-8)5-9;7-6-4-2-1-3-5-6/h7-9H,2-5H2,1H3;1-5,7H. The normalized spacial score (nSPS) is 10.5. The molecule has 92 valence electrons. The summed E-state index contributed by atoms with van der Waals surface area (Å²) < 4.78 is 0. The lowest BCUT2D eigenvalue weighted by Gasteiger charge is -2.24. The summed E-state index contributed by atoms with van der Waals surface area (Å²) >= 11 is 0. The first kappa shape index (κ1) is 14.9. The maximum Gasteiger partial charge on any atom is 0.115 e. The van der Waals surface area contributed by atoms with Crippen molar-refractivity contribution in [1.29, 1.82) is 0 Å². The zero-order valence-corrected chi connectivity index (χ0v) is 9.50. The van der Waals surface area contributed by atoms with Gasteiger partial charge in [-0.3, -0.25) is 0 Å². The molecule has 0 bridgehead atoms. The number of hydrogen-bond acceptors (Lipinski definition) is 4. The van der Waals surface area contributed by atoms with Gasteiger partial charge in [0.1, 0.15) is 5.75 Å². The van der Waals surface area contributed by atoms with Crippen molar-refractivity contribution >= 4 is 0 Å². The summed E-state index contributed by atoms with van der Waals surface area (Å²) in [6, 6.07) is 8.71. The van der Waals surface area contributed by atoms with Crippen LogP contribution in [0, 0.1) is 5.41 Å². The Morgan fingerprint density at radius 2 is 1.38 bits per heavy atom. The lowest BCUT2D eigenvalue weighted by molar-refractivity contribution is 0.00304. The van der Waals surface area contributed by atoms with Gasteiger partial charge >= 0.3 is 0 Å². The summed E-state index contributed by atoms with van der Waals surface area (Å²) in [5, 5.41) is 34.6. The minimum Gasteiger partial charge on any atom is -0.508 e. The fraction of sp³-hybridized carbons (Fsp3) is 0.500. The third kappa shape index (κ3) is 5.11. The molecule has 1 aromatic carbocycles. The first-order chi connectivity index (χ1) is 7.64. The Labute approximate surface area is 95.8 Å². The lowest BCUT2D eigenvalue weighted by atomic mass is 9.88. The van der Waals surface area contributed by atoms with E-state index in [-0.39, 0.29) is 19.8 Å². The SMILES string of the molecule is CCC(CO)(CO)CO.Oc1ccccc1. The predicted molar refractivity (Wildman–Crippen MR) is 62.1 cm³/mol. The second-order valence-corrected chi connectivity index (χ2v) is 3.66. The third-order valence-electron chi connectivity index (χ3n) is 2.51. The Morgan fingerprint density at radius 1 is 0.938 bits per heavy atom. The zero-order chi connectivity index (χ0) is 12.4. The van der Waals surface area contributed by atoms with Crippen molar-refractivity contribution in [3.8, 4) is 5.75 Å². The van der Waals surface area contributed by atoms with Crippen LogP contribution >= 0.6 is 0 Å². The Hall–Kier alpha value is -1.10. The molecule has 0 atom stereocenters. The molecule has 0 aliphatic carbocycles. The topological polar surface area (TPSA) is 80.9 Å². The first-order valence-electron chi connectivity index (χ1n) is 5.20. The van der Waals surface area contributed by atoms with E-state index in [0.717, 1.165) is 0 Å². The second kappa shape index (κ2) is 8.10. The van der Waals surface area contributed by atoms with E-state index in [0.29, 0.717) is 12.2 Å². The molecule has 0 spiro atoms. The van der Waals surface area contributed by atoms with Crippen LogP contribution in [0.1, 0.15) is 13.3 Å². The van der Waals surface area contributed by atoms with Crippen LogP contribution in [0.15, 0.2) is 30.3 Å². The van der Waals surface area contributed by atoms with E-state index < -0.39 is 5.41 Å². The fourth-order valence-electron chi connectivity index (χ4n) is 0.913. The highest BCUT2D eigenvalue weighted by Crippen LogP contribution is 2.18. The predicted octanol–water partition coefficient (Wildman–Crippen LogP) is 0.752. The van der Waals surface area contributed by atoms with E-state index in [2.05, 4.69) is 0 Å². The molecule has 0 radical (unpaired) electrons. The monoisotopic (exact) mass is 228 g/mol. The van der Waals surface area contributed by atoms with Crippen LogP contribution in [0.4, 0.5) is 0 Å².